The molecule has 0 fully saturated rings. The van der Waals surface area contributed by atoms with Crippen molar-refractivity contribution in [3.63, 3.8) is 0 Å². The second-order valence-electron chi connectivity index (χ2n) is 6.02. The Morgan fingerprint density at radius 1 is 1.19 bits per heavy atom. The molecule has 7 heteroatoms. The van der Waals surface area contributed by atoms with Crippen molar-refractivity contribution in [2.75, 3.05) is 10.6 Å². The van der Waals surface area contributed by atoms with Crippen LogP contribution in [0.5, 0.6) is 0 Å². The van der Waals surface area contributed by atoms with Crippen LogP contribution < -0.4 is 10.6 Å². The molecule has 1 aliphatic rings. The summed E-state index contributed by atoms with van der Waals surface area (Å²) in [6.07, 6.45) is 0.671. The van der Waals surface area contributed by atoms with Gasteiger partial charge in [-0.05, 0) is 29.8 Å². The van der Waals surface area contributed by atoms with Crippen LogP contribution >= 0.6 is 11.6 Å². The first-order valence-corrected chi connectivity index (χ1v) is 8.51. The van der Waals surface area contributed by atoms with Crippen LogP contribution in [-0.2, 0) is 0 Å². The molecule has 2 N–H and O–H groups in total. The number of nitrogens with zero attached hydrogens (tertiary/aromatic N) is 3. The molecule has 3 aromatic rings. The van der Waals surface area contributed by atoms with Crippen LogP contribution in [0.25, 0.3) is 0 Å². The number of fused-ring (bicyclic) bond motifs is 1. The van der Waals surface area contributed by atoms with E-state index in [4.69, 9.17) is 11.6 Å². The van der Waals surface area contributed by atoms with Crippen molar-refractivity contribution in [3.8, 4) is 0 Å². The smallest absolute Gasteiger partial charge is 0.258 e. The SMILES string of the molecule is C=C1CC(c2ccc(Cl)cc2)n2nc(NC(=O)c3ccccc3)nc2N1. The van der Waals surface area contributed by atoms with Crippen LogP contribution in [0.1, 0.15) is 28.4 Å². The van der Waals surface area contributed by atoms with Gasteiger partial charge in [0.2, 0.25) is 5.95 Å². The normalized spacial score (nSPS) is 15.9. The number of amides is 1. The van der Waals surface area contributed by atoms with Gasteiger partial charge in [0.25, 0.3) is 11.9 Å². The van der Waals surface area contributed by atoms with Gasteiger partial charge in [-0.15, -0.1) is 5.10 Å². The van der Waals surface area contributed by atoms with E-state index in [0.29, 0.717) is 23.0 Å². The fourth-order valence-corrected chi connectivity index (χ4v) is 3.04. The Bertz CT molecular complexity index is 965. The predicted octanol–water partition coefficient (Wildman–Crippen LogP) is 4.10. The highest BCUT2D eigenvalue weighted by Crippen LogP contribution is 2.33. The zero-order valence-corrected chi connectivity index (χ0v) is 14.6. The van der Waals surface area contributed by atoms with Crippen molar-refractivity contribution in [3.05, 3.63) is 83.0 Å². The van der Waals surface area contributed by atoms with Gasteiger partial charge in [-0.25, -0.2) is 4.68 Å². The number of allylic oxidation sites excluding steroid dienone is 1. The lowest BCUT2D eigenvalue weighted by Gasteiger charge is -2.26. The molecule has 0 aliphatic carbocycles. The molecule has 1 unspecified atom stereocenters. The third-order valence-electron chi connectivity index (χ3n) is 4.17. The van der Waals surface area contributed by atoms with Crippen LogP contribution in [0, 0.1) is 0 Å². The number of halogens is 1. The van der Waals surface area contributed by atoms with Crippen LogP contribution in [0.2, 0.25) is 5.02 Å². The summed E-state index contributed by atoms with van der Waals surface area (Å²) >= 11 is 5.99. The highest BCUT2D eigenvalue weighted by atomic mass is 35.5. The molecule has 1 aliphatic heterocycles. The third kappa shape index (κ3) is 3.19. The van der Waals surface area contributed by atoms with Gasteiger partial charge in [-0.3, -0.25) is 10.1 Å². The Balaban J connectivity index is 1.63. The van der Waals surface area contributed by atoms with E-state index >= 15 is 0 Å². The fourth-order valence-electron chi connectivity index (χ4n) is 2.92. The predicted molar refractivity (Wildman–Crippen MR) is 101 cm³/mol. The Labute approximate surface area is 155 Å². The van der Waals surface area contributed by atoms with E-state index in [1.807, 2.05) is 42.5 Å². The van der Waals surface area contributed by atoms with Crippen molar-refractivity contribution < 1.29 is 4.79 Å². The quantitative estimate of drug-likeness (QED) is 0.733. The lowest BCUT2D eigenvalue weighted by molar-refractivity contribution is 0.102. The molecular formula is C19H16ClN5O. The molecule has 0 spiro atoms. The van der Waals surface area contributed by atoms with E-state index in [1.54, 1.807) is 16.8 Å². The van der Waals surface area contributed by atoms with Gasteiger partial charge >= 0.3 is 0 Å². The van der Waals surface area contributed by atoms with Crippen LogP contribution in [-0.4, -0.2) is 20.7 Å². The average molecular weight is 366 g/mol. The number of carbonyl (C=O) groups excluding carboxylic acids is 1. The first kappa shape index (κ1) is 16.4. The Hall–Kier alpha value is -3.12. The Kier molecular flexibility index (Phi) is 4.18. The van der Waals surface area contributed by atoms with E-state index in [0.717, 1.165) is 11.3 Å². The Morgan fingerprint density at radius 3 is 2.65 bits per heavy atom. The van der Waals surface area contributed by atoms with Gasteiger partial charge in [-0.1, -0.05) is 48.5 Å². The van der Waals surface area contributed by atoms with E-state index < -0.39 is 0 Å². The molecular weight excluding hydrogens is 350 g/mol. The summed E-state index contributed by atoms with van der Waals surface area (Å²) in [5.74, 6) is 0.537. The molecule has 130 valence electrons. The van der Waals surface area contributed by atoms with Gasteiger partial charge in [0.15, 0.2) is 0 Å². The highest BCUT2D eigenvalue weighted by molar-refractivity contribution is 6.30. The lowest BCUT2D eigenvalue weighted by atomic mass is 10.0. The lowest BCUT2D eigenvalue weighted by Crippen LogP contribution is -2.23. The van der Waals surface area contributed by atoms with Gasteiger partial charge in [0.1, 0.15) is 0 Å². The number of anilines is 2. The molecule has 1 amide bonds. The molecule has 0 bridgehead atoms. The molecule has 1 atom stereocenters. The van der Waals surface area contributed by atoms with Gasteiger partial charge in [-0.2, -0.15) is 4.98 Å². The summed E-state index contributed by atoms with van der Waals surface area (Å²) in [4.78, 5) is 16.7. The number of carbonyl (C=O) groups is 1. The second-order valence-corrected chi connectivity index (χ2v) is 6.46. The summed E-state index contributed by atoms with van der Waals surface area (Å²) in [7, 11) is 0. The standard InChI is InChI=1S/C19H16ClN5O/c1-12-11-16(13-7-9-15(20)10-8-13)25-19(21-12)23-18(24-25)22-17(26)14-5-3-2-4-6-14/h2-10,16H,1,11H2,(H2,21,22,23,24,26). The minimum absolute atomic E-state index is 0.0640. The summed E-state index contributed by atoms with van der Waals surface area (Å²) in [6.45, 7) is 4.02. The number of hydrogen-bond donors (Lipinski definition) is 2. The van der Waals surface area contributed by atoms with E-state index in [9.17, 15) is 4.79 Å². The maximum Gasteiger partial charge on any atom is 0.258 e. The first-order valence-electron chi connectivity index (χ1n) is 8.13. The molecule has 2 aromatic carbocycles. The van der Waals surface area contributed by atoms with E-state index in [2.05, 4.69) is 27.3 Å². The molecule has 26 heavy (non-hydrogen) atoms. The number of rotatable bonds is 3. The van der Waals surface area contributed by atoms with E-state index in [-0.39, 0.29) is 17.9 Å². The second kappa shape index (κ2) is 6.65. The number of nitrogens with one attached hydrogen (secondary N) is 2. The third-order valence-corrected chi connectivity index (χ3v) is 4.42. The maximum absolute atomic E-state index is 12.3. The van der Waals surface area contributed by atoms with Crippen molar-refractivity contribution >= 4 is 29.4 Å². The first-order chi connectivity index (χ1) is 12.6. The van der Waals surface area contributed by atoms with Gasteiger partial charge in [0.05, 0.1) is 6.04 Å². The molecule has 2 heterocycles. The molecule has 0 saturated carbocycles. The van der Waals surface area contributed by atoms with Gasteiger partial charge < -0.3 is 5.32 Å². The minimum Gasteiger partial charge on any atom is -0.329 e. The monoisotopic (exact) mass is 365 g/mol. The van der Waals surface area contributed by atoms with Crippen molar-refractivity contribution in [2.24, 2.45) is 0 Å². The van der Waals surface area contributed by atoms with Gasteiger partial charge in [0, 0.05) is 22.7 Å². The topological polar surface area (TPSA) is 71.8 Å². The van der Waals surface area contributed by atoms with Crippen molar-refractivity contribution in [2.45, 2.75) is 12.5 Å². The maximum atomic E-state index is 12.3. The largest absolute Gasteiger partial charge is 0.329 e. The van der Waals surface area contributed by atoms with Crippen molar-refractivity contribution in [1.29, 1.82) is 0 Å². The molecule has 1 aromatic heterocycles. The number of benzene rings is 2. The molecule has 0 radical (unpaired) electrons. The number of aromatic nitrogens is 3. The van der Waals surface area contributed by atoms with E-state index in [1.165, 1.54) is 0 Å². The van der Waals surface area contributed by atoms with Crippen molar-refractivity contribution in [1.82, 2.24) is 14.8 Å². The van der Waals surface area contributed by atoms with Crippen LogP contribution in [0.4, 0.5) is 11.9 Å². The Morgan fingerprint density at radius 2 is 1.92 bits per heavy atom. The zero-order valence-electron chi connectivity index (χ0n) is 13.8. The summed E-state index contributed by atoms with van der Waals surface area (Å²) in [5.41, 5.74) is 2.43. The minimum atomic E-state index is -0.254. The average Bonchev–Trinajstić information content (AvgIpc) is 3.04. The molecule has 6 nitrogen and oxygen atoms in total. The number of hydrogen-bond acceptors (Lipinski definition) is 4. The summed E-state index contributed by atoms with van der Waals surface area (Å²) in [5, 5.41) is 11.0. The van der Waals surface area contributed by atoms with Crippen LogP contribution in [0.15, 0.2) is 66.9 Å². The molecule has 4 rings (SSSR count). The molecule has 0 saturated heterocycles. The zero-order chi connectivity index (χ0) is 18.1. The summed E-state index contributed by atoms with van der Waals surface area (Å²) < 4.78 is 1.76. The summed E-state index contributed by atoms with van der Waals surface area (Å²) in [6, 6.07) is 16.5. The van der Waals surface area contributed by atoms with Crippen LogP contribution in [0.3, 0.4) is 0 Å². The highest BCUT2D eigenvalue weighted by Gasteiger charge is 2.27. The fraction of sp³-hybridized carbons (Fsp3) is 0.105.